The number of nitrogens with zero attached hydrogens (tertiary/aromatic N) is 3. The fourth-order valence-electron chi connectivity index (χ4n) is 2.32. The molecular formula is C13H25N3O. The van der Waals surface area contributed by atoms with Crippen molar-refractivity contribution in [1.29, 1.82) is 0 Å². The Morgan fingerprint density at radius 2 is 2.06 bits per heavy atom. The van der Waals surface area contributed by atoms with Crippen molar-refractivity contribution in [1.82, 2.24) is 14.7 Å². The molecule has 17 heavy (non-hydrogen) atoms. The van der Waals surface area contributed by atoms with Crippen LogP contribution in [0.2, 0.25) is 0 Å². The van der Waals surface area contributed by atoms with Gasteiger partial charge in [-0.15, -0.1) is 0 Å². The monoisotopic (exact) mass is 239 g/mol. The second kappa shape index (κ2) is 7.45. The highest BCUT2D eigenvalue weighted by atomic mass is 16.3. The minimum Gasteiger partial charge on any atom is -0.395 e. The number of rotatable bonds is 8. The van der Waals surface area contributed by atoms with Crippen LogP contribution >= 0.6 is 0 Å². The number of hydrogen-bond acceptors (Lipinski definition) is 3. The van der Waals surface area contributed by atoms with Crippen molar-refractivity contribution >= 4 is 0 Å². The van der Waals surface area contributed by atoms with Gasteiger partial charge >= 0.3 is 0 Å². The topological polar surface area (TPSA) is 41.3 Å². The van der Waals surface area contributed by atoms with Crippen molar-refractivity contribution in [3.63, 3.8) is 0 Å². The Hall–Kier alpha value is -0.870. The molecule has 4 nitrogen and oxygen atoms in total. The molecule has 1 N–H and O–H groups in total. The highest BCUT2D eigenvalue weighted by Gasteiger charge is 2.14. The molecule has 0 saturated carbocycles. The summed E-state index contributed by atoms with van der Waals surface area (Å²) in [6.45, 7) is 6.42. The molecule has 0 amide bonds. The lowest BCUT2D eigenvalue weighted by molar-refractivity contribution is 0.144. The summed E-state index contributed by atoms with van der Waals surface area (Å²) in [5.41, 5.74) is 1.25. The second-order valence-electron chi connectivity index (χ2n) is 4.43. The Bertz CT molecular complexity index is 307. The van der Waals surface area contributed by atoms with Crippen molar-refractivity contribution in [2.24, 2.45) is 7.05 Å². The molecule has 0 aromatic carbocycles. The molecule has 1 heterocycles. The Morgan fingerprint density at radius 1 is 1.35 bits per heavy atom. The number of aryl methyl sites for hydroxylation is 1. The average Bonchev–Trinajstić information content (AvgIpc) is 2.73. The normalized spacial score (nSPS) is 11.6. The maximum absolute atomic E-state index is 9.13. The van der Waals surface area contributed by atoms with E-state index in [-0.39, 0.29) is 6.61 Å². The molecule has 0 saturated heterocycles. The van der Waals surface area contributed by atoms with E-state index < -0.39 is 0 Å². The van der Waals surface area contributed by atoms with E-state index in [9.17, 15) is 0 Å². The predicted octanol–water partition coefficient (Wildman–Crippen LogP) is 1.45. The fraction of sp³-hybridized carbons (Fsp3) is 0.769. The van der Waals surface area contributed by atoms with Gasteiger partial charge in [-0.1, -0.05) is 13.8 Å². The van der Waals surface area contributed by atoms with Gasteiger partial charge < -0.3 is 5.11 Å². The van der Waals surface area contributed by atoms with E-state index in [0.717, 1.165) is 32.4 Å². The zero-order valence-corrected chi connectivity index (χ0v) is 11.3. The molecule has 0 fully saturated rings. The van der Waals surface area contributed by atoms with Gasteiger partial charge in [0, 0.05) is 44.5 Å². The molecule has 1 aromatic heterocycles. The molecule has 4 heteroatoms. The molecule has 0 aliphatic rings. The standard InChI is InChI=1S/C13H25N3O/c1-4-12(5-2)16(10-11-17)9-7-13-6-8-14-15(13)3/h6,8,12,17H,4-5,7,9-11H2,1-3H3. The minimum atomic E-state index is 0.238. The van der Waals surface area contributed by atoms with E-state index in [1.807, 2.05) is 17.9 Å². The highest BCUT2D eigenvalue weighted by Crippen LogP contribution is 2.09. The first-order valence-corrected chi connectivity index (χ1v) is 6.54. The van der Waals surface area contributed by atoms with Gasteiger partial charge in [0.05, 0.1) is 6.61 Å². The minimum absolute atomic E-state index is 0.238. The van der Waals surface area contributed by atoms with Crippen LogP contribution in [0.25, 0.3) is 0 Å². The third-order valence-electron chi connectivity index (χ3n) is 3.42. The van der Waals surface area contributed by atoms with Gasteiger partial charge in [0.2, 0.25) is 0 Å². The Balaban J connectivity index is 2.52. The molecule has 0 spiro atoms. The third kappa shape index (κ3) is 4.13. The van der Waals surface area contributed by atoms with Crippen molar-refractivity contribution < 1.29 is 5.11 Å². The largest absolute Gasteiger partial charge is 0.395 e. The van der Waals surface area contributed by atoms with Gasteiger partial charge in [-0.25, -0.2) is 0 Å². The molecule has 98 valence electrons. The highest BCUT2D eigenvalue weighted by molar-refractivity contribution is 5.00. The van der Waals surface area contributed by atoms with Crippen LogP contribution in [0.4, 0.5) is 0 Å². The molecule has 1 aromatic rings. The van der Waals surface area contributed by atoms with E-state index in [1.165, 1.54) is 5.69 Å². The van der Waals surface area contributed by atoms with Gasteiger partial charge in [0.15, 0.2) is 0 Å². The smallest absolute Gasteiger partial charge is 0.0558 e. The van der Waals surface area contributed by atoms with Crippen LogP contribution in [0, 0.1) is 0 Å². The van der Waals surface area contributed by atoms with Gasteiger partial charge in [-0.05, 0) is 18.9 Å². The van der Waals surface area contributed by atoms with Crippen molar-refractivity contribution in [3.8, 4) is 0 Å². The van der Waals surface area contributed by atoms with Crippen molar-refractivity contribution in [3.05, 3.63) is 18.0 Å². The molecule has 1 rings (SSSR count). The number of aliphatic hydroxyl groups excluding tert-OH is 1. The number of aliphatic hydroxyl groups is 1. The first-order valence-electron chi connectivity index (χ1n) is 6.54. The van der Waals surface area contributed by atoms with Gasteiger partial charge in [0.1, 0.15) is 0 Å². The van der Waals surface area contributed by atoms with E-state index in [4.69, 9.17) is 5.11 Å². The van der Waals surface area contributed by atoms with Crippen LogP contribution in [-0.2, 0) is 13.5 Å². The van der Waals surface area contributed by atoms with Crippen LogP contribution in [0.1, 0.15) is 32.4 Å². The lowest BCUT2D eigenvalue weighted by Crippen LogP contribution is -2.38. The van der Waals surface area contributed by atoms with Gasteiger partial charge in [0.25, 0.3) is 0 Å². The molecule has 0 radical (unpaired) electrons. The van der Waals surface area contributed by atoms with E-state index in [1.54, 1.807) is 0 Å². The van der Waals surface area contributed by atoms with E-state index in [2.05, 4.69) is 29.9 Å². The molecular weight excluding hydrogens is 214 g/mol. The van der Waals surface area contributed by atoms with Crippen molar-refractivity contribution in [2.45, 2.75) is 39.2 Å². The lowest BCUT2D eigenvalue weighted by atomic mass is 10.1. The van der Waals surface area contributed by atoms with Crippen LogP contribution in [-0.4, -0.2) is 45.5 Å². The summed E-state index contributed by atoms with van der Waals surface area (Å²) >= 11 is 0. The first-order chi connectivity index (χ1) is 8.22. The molecule has 0 aliphatic heterocycles. The van der Waals surface area contributed by atoms with Gasteiger partial charge in [-0.3, -0.25) is 9.58 Å². The quantitative estimate of drug-likeness (QED) is 0.746. The van der Waals surface area contributed by atoms with Crippen LogP contribution in [0.5, 0.6) is 0 Å². The summed E-state index contributed by atoms with van der Waals surface area (Å²) in [5, 5.41) is 13.3. The third-order valence-corrected chi connectivity index (χ3v) is 3.42. The Morgan fingerprint density at radius 3 is 2.53 bits per heavy atom. The maximum Gasteiger partial charge on any atom is 0.0558 e. The summed E-state index contributed by atoms with van der Waals surface area (Å²) < 4.78 is 1.92. The summed E-state index contributed by atoms with van der Waals surface area (Å²) in [6.07, 6.45) is 5.11. The molecule has 0 aliphatic carbocycles. The molecule has 0 atom stereocenters. The zero-order chi connectivity index (χ0) is 12.7. The SMILES string of the molecule is CCC(CC)N(CCO)CCc1ccnn1C. The summed E-state index contributed by atoms with van der Waals surface area (Å²) in [5.74, 6) is 0. The van der Waals surface area contributed by atoms with E-state index >= 15 is 0 Å². The van der Waals surface area contributed by atoms with Gasteiger partial charge in [-0.2, -0.15) is 5.10 Å². The second-order valence-corrected chi connectivity index (χ2v) is 4.43. The zero-order valence-electron chi connectivity index (χ0n) is 11.3. The maximum atomic E-state index is 9.13. The summed E-state index contributed by atoms with van der Waals surface area (Å²) in [6, 6.07) is 2.64. The molecule has 0 bridgehead atoms. The van der Waals surface area contributed by atoms with E-state index in [0.29, 0.717) is 6.04 Å². The Kier molecular flexibility index (Phi) is 6.22. The number of hydrogen-bond donors (Lipinski definition) is 1. The average molecular weight is 239 g/mol. The van der Waals surface area contributed by atoms with Crippen LogP contribution < -0.4 is 0 Å². The fourth-order valence-corrected chi connectivity index (χ4v) is 2.32. The molecule has 0 unspecified atom stereocenters. The Labute approximate surface area is 104 Å². The predicted molar refractivity (Wildman–Crippen MR) is 69.9 cm³/mol. The number of aromatic nitrogens is 2. The van der Waals surface area contributed by atoms with Crippen molar-refractivity contribution in [2.75, 3.05) is 19.7 Å². The van der Waals surface area contributed by atoms with Crippen LogP contribution in [0.3, 0.4) is 0 Å². The first kappa shape index (κ1) is 14.2. The summed E-state index contributed by atoms with van der Waals surface area (Å²) in [4.78, 5) is 2.38. The lowest BCUT2D eigenvalue weighted by Gasteiger charge is -2.29. The van der Waals surface area contributed by atoms with Crippen LogP contribution in [0.15, 0.2) is 12.3 Å². The summed E-state index contributed by atoms with van der Waals surface area (Å²) in [7, 11) is 1.98.